The molecule has 1 aliphatic heterocycles. The smallest absolute Gasteiger partial charge is 0.188 e. The molecule has 1 aliphatic rings. The Kier molecular flexibility index (Phi) is 6.56. The fraction of sp³-hybridized carbons (Fsp3) is 0.625. The van der Waals surface area contributed by atoms with E-state index in [-0.39, 0.29) is 0 Å². The van der Waals surface area contributed by atoms with Gasteiger partial charge in [-0.05, 0) is 6.42 Å². The minimum Gasteiger partial charge on any atom is -0.379 e. The molecule has 10 heteroatoms. The van der Waals surface area contributed by atoms with E-state index in [1.54, 1.807) is 10.9 Å². The molecule has 0 unspecified atom stereocenters. The first-order chi connectivity index (χ1) is 12.7. The largest absolute Gasteiger partial charge is 0.379 e. The molecule has 2 aromatic heterocycles. The molecule has 2 aromatic rings. The first kappa shape index (κ1) is 18.3. The second kappa shape index (κ2) is 9.30. The van der Waals surface area contributed by atoms with Gasteiger partial charge in [-0.15, -0.1) is 0 Å². The van der Waals surface area contributed by atoms with E-state index in [1.807, 2.05) is 7.05 Å². The van der Waals surface area contributed by atoms with Gasteiger partial charge in [-0.3, -0.25) is 14.6 Å². The Morgan fingerprint density at radius 1 is 1.31 bits per heavy atom. The van der Waals surface area contributed by atoms with Crippen molar-refractivity contribution in [1.82, 2.24) is 30.0 Å². The van der Waals surface area contributed by atoms with Gasteiger partial charge in [0.1, 0.15) is 12.1 Å². The van der Waals surface area contributed by atoms with Crippen LogP contribution in [0.1, 0.15) is 6.42 Å². The van der Waals surface area contributed by atoms with Gasteiger partial charge in [0.2, 0.25) is 0 Å². The van der Waals surface area contributed by atoms with Gasteiger partial charge in [-0.2, -0.15) is 5.10 Å². The maximum Gasteiger partial charge on any atom is 0.188 e. The van der Waals surface area contributed by atoms with E-state index in [4.69, 9.17) is 10.5 Å². The molecule has 0 aliphatic carbocycles. The lowest BCUT2D eigenvalue weighted by atomic mass is 10.3. The van der Waals surface area contributed by atoms with Gasteiger partial charge in [0.25, 0.3) is 0 Å². The summed E-state index contributed by atoms with van der Waals surface area (Å²) in [7, 11) is 1.86. The van der Waals surface area contributed by atoms with Crippen LogP contribution in [-0.4, -0.2) is 83.1 Å². The fourth-order valence-corrected chi connectivity index (χ4v) is 2.85. The fourth-order valence-electron chi connectivity index (χ4n) is 2.85. The number of nitrogens with two attached hydrogens (primary N) is 1. The third-order valence-corrected chi connectivity index (χ3v) is 4.27. The van der Waals surface area contributed by atoms with E-state index >= 15 is 0 Å². The van der Waals surface area contributed by atoms with Crippen molar-refractivity contribution in [2.75, 3.05) is 57.8 Å². The SMILES string of the molecule is Cn1ncc2c(NCCNC(N)=NCCCN3CCOCC3)ncnc21. The number of rotatable bonds is 8. The minimum absolute atomic E-state index is 0.475. The Labute approximate surface area is 152 Å². The molecule has 3 heterocycles. The maximum absolute atomic E-state index is 5.90. The Bertz CT molecular complexity index is 724. The number of aliphatic imine (C=N–C) groups is 1. The predicted molar refractivity (Wildman–Crippen MR) is 101 cm³/mol. The van der Waals surface area contributed by atoms with Crippen molar-refractivity contribution < 1.29 is 4.74 Å². The van der Waals surface area contributed by atoms with Crippen molar-refractivity contribution in [3.05, 3.63) is 12.5 Å². The number of hydrogen-bond acceptors (Lipinski definition) is 7. The molecule has 26 heavy (non-hydrogen) atoms. The topological polar surface area (TPSA) is 119 Å². The number of anilines is 1. The van der Waals surface area contributed by atoms with Gasteiger partial charge >= 0.3 is 0 Å². The number of nitrogens with one attached hydrogen (secondary N) is 2. The Hall–Kier alpha value is -2.46. The monoisotopic (exact) mass is 361 g/mol. The molecule has 0 aromatic carbocycles. The minimum atomic E-state index is 0.475. The molecule has 1 saturated heterocycles. The molecule has 10 nitrogen and oxygen atoms in total. The van der Waals surface area contributed by atoms with E-state index in [2.05, 4.69) is 35.6 Å². The number of ether oxygens (including phenoxy) is 1. The van der Waals surface area contributed by atoms with E-state index in [0.717, 1.165) is 62.7 Å². The van der Waals surface area contributed by atoms with Crippen molar-refractivity contribution in [3.63, 3.8) is 0 Å². The van der Waals surface area contributed by atoms with Gasteiger partial charge in [0.05, 0.1) is 24.8 Å². The van der Waals surface area contributed by atoms with Gasteiger partial charge in [0.15, 0.2) is 11.6 Å². The van der Waals surface area contributed by atoms with Gasteiger partial charge < -0.3 is 21.1 Å². The molecule has 142 valence electrons. The summed E-state index contributed by atoms with van der Waals surface area (Å²) in [6.07, 6.45) is 4.29. The molecule has 3 rings (SSSR count). The zero-order valence-electron chi connectivity index (χ0n) is 15.2. The lowest BCUT2D eigenvalue weighted by Gasteiger charge is -2.26. The number of fused-ring (bicyclic) bond motifs is 1. The zero-order chi connectivity index (χ0) is 18.2. The van der Waals surface area contributed by atoms with E-state index in [9.17, 15) is 0 Å². The number of guanidine groups is 1. The van der Waals surface area contributed by atoms with Gasteiger partial charge in [-0.1, -0.05) is 0 Å². The molecule has 0 radical (unpaired) electrons. The second-order valence-electron chi connectivity index (χ2n) is 6.16. The molecule has 4 N–H and O–H groups in total. The van der Waals surface area contributed by atoms with Crippen LogP contribution in [0.3, 0.4) is 0 Å². The molecule has 0 atom stereocenters. The van der Waals surface area contributed by atoms with Crippen LogP contribution in [0.15, 0.2) is 17.5 Å². The van der Waals surface area contributed by atoms with Crippen molar-refractivity contribution in [1.29, 1.82) is 0 Å². The van der Waals surface area contributed by atoms with Crippen molar-refractivity contribution >= 4 is 22.8 Å². The highest BCUT2D eigenvalue weighted by Gasteiger charge is 2.09. The predicted octanol–water partition coefficient (Wildman–Crippen LogP) is -0.598. The highest BCUT2D eigenvalue weighted by Crippen LogP contribution is 2.16. The zero-order valence-corrected chi connectivity index (χ0v) is 15.2. The van der Waals surface area contributed by atoms with Crippen LogP contribution in [0.25, 0.3) is 11.0 Å². The normalized spacial score (nSPS) is 16.1. The molecular formula is C16H27N9O. The maximum atomic E-state index is 5.90. The summed E-state index contributed by atoms with van der Waals surface area (Å²) in [6.45, 7) is 6.78. The van der Waals surface area contributed by atoms with Crippen LogP contribution in [0.2, 0.25) is 0 Å². The number of aryl methyl sites for hydroxylation is 1. The Morgan fingerprint density at radius 2 is 2.15 bits per heavy atom. The average Bonchev–Trinajstić information content (AvgIpc) is 3.05. The third-order valence-electron chi connectivity index (χ3n) is 4.27. The Morgan fingerprint density at radius 3 is 3.00 bits per heavy atom. The number of aromatic nitrogens is 4. The number of nitrogens with zero attached hydrogens (tertiary/aromatic N) is 6. The molecule has 1 fully saturated rings. The first-order valence-corrected chi connectivity index (χ1v) is 8.94. The van der Waals surface area contributed by atoms with E-state index in [0.29, 0.717) is 19.0 Å². The summed E-state index contributed by atoms with van der Waals surface area (Å²) < 4.78 is 7.06. The third kappa shape index (κ3) is 5.02. The first-order valence-electron chi connectivity index (χ1n) is 8.94. The van der Waals surface area contributed by atoms with Crippen molar-refractivity contribution in [3.8, 4) is 0 Å². The molecule has 0 amide bonds. The molecule has 0 saturated carbocycles. The lowest BCUT2D eigenvalue weighted by molar-refractivity contribution is 0.0377. The van der Waals surface area contributed by atoms with Crippen LogP contribution in [0, 0.1) is 0 Å². The summed E-state index contributed by atoms with van der Waals surface area (Å²) in [6, 6.07) is 0. The lowest BCUT2D eigenvalue weighted by Crippen LogP contribution is -2.37. The van der Waals surface area contributed by atoms with E-state index in [1.165, 1.54) is 6.33 Å². The summed E-state index contributed by atoms with van der Waals surface area (Å²) in [5, 5.41) is 11.5. The van der Waals surface area contributed by atoms with Gasteiger partial charge in [0, 0.05) is 46.3 Å². The summed E-state index contributed by atoms with van der Waals surface area (Å²) in [4.78, 5) is 15.2. The second-order valence-corrected chi connectivity index (χ2v) is 6.16. The highest BCUT2D eigenvalue weighted by molar-refractivity contribution is 5.86. The van der Waals surface area contributed by atoms with Crippen LogP contribution in [0.5, 0.6) is 0 Å². The van der Waals surface area contributed by atoms with Crippen LogP contribution in [0.4, 0.5) is 5.82 Å². The summed E-state index contributed by atoms with van der Waals surface area (Å²) >= 11 is 0. The van der Waals surface area contributed by atoms with Gasteiger partial charge in [-0.25, -0.2) is 9.97 Å². The quantitative estimate of drug-likeness (QED) is 0.324. The summed E-state index contributed by atoms with van der Waals surface area (Å²) in [5.74, 6) is 1.24. The number of morpholine rings is 1. The van der Waals surface area contributed by atoms with Crippen molar-refractivity contribution in [2.24, 2.45) is 17.8 Å². The van der Waals surface area contributed by atoms with Crippen LogP contribution in [-0.2, 0) is 11.8 Å². The molecular weight excluding hydrogens is 334 g/mol. The van der Waals surface area contributed by atoms with Crippen LogP contribution < -0.4 is 16.4 Å². The average molecular weight is 361 g/mol. The highest BCUT2D eigenvalue weighted by atomic mass is 16.5. The summed E-state index contributed by atoms with van der Waals surface area (Å²) in [5.41, 5.74) is 6.71. The Balaban J connectivity index is 1.33. The standard InChI is InChI=1S/C16H27N9O/c1-24-15-13(11-23-24)14(21-12-22-15)18-4-5-20-16(17)19-3-2-6-25-7-9-26-10-8-25/h11-12H,2-10H2,1H3,(H3,17,19,20)(H,18,21,22). The molecule has 0 bridgehead atoms. The van der Waals surface area contributed by atoms with Crippen LogP contribution >= 0.6 is 0 Å². The molecule has 0 spiro atoms. The van der Waals surface area contributed by atoms with Crippen molar-refractivity contribution in [2.45, 2.75) is 6.42 Å². The van der Waals surface area contributed by atoms with E-state index < -0.39 is 0 Å². The number of hydrogen-bond donors (Lipinski definition) is 3.